The molecule has 27 heavy (non-hydrogen) atoms. The minimum absolute atomic E-state index is 0.243. The maximum atomic E-state index is 12.8. The highest BCUT2D eigenvalue weighted by Crippen LogP contribution is 2.31. The maximum absolute atomic E-state index is 12.8. The van der Waals surface area contributed by atoms with Crippen LogP contribution in [0.15, 0.2) is 76.8 Å². The molecule has 0 unspecified atom stereocenters. The summed E-state index contributed by atoms with van der Waals surface area (Å²) in [5.41, 5.74) is 2.51. The Morgan fingerprint density at radius 1 is 1.00 bits per heavy atom. The molecule has 0 bridgehead atoms. The highest BCUT2D eigenvalue weighted by atomic mass is 32.2. The Morgan fingerprint density at radius 3 is 2.59 bits per heavy atom. The van der Waals surface area contributed by atoms with Crippen LogP contribution in [0.1, 0.15) is 21.7 Å². The molecular weight excluding hydrogens is 360 g/mol. The van der Waals surface area contributed by atoms with Gasteiger partial charge in [-0.15, -0.1) is 0 Å². The molecule has 0 saturated carbocycles. The largest absolute Gasteiger partial charge is 0.451 e. The van der Waals surface area contributed by atoms with Gasteiger partial charge in [-0.1, -0.05) is 30.0 Å². The van der Waals surface area contributed by atoms with Crippen molar-refractivity contribution in [3.63, 3.8) is 0 Å². The van der Waals surface area contributed by atoms with Crippen molar-refractivity contribution < 1.29 is 9.21 Å². The summed E-state index contributed by atoms with van der Waals surface area (Å²) in [6.07, 6.45) is 6.80. The van der Waals surface area contributed by atoms with Crippen LogP contribution < -0.4 is 5.32 Å². The van der Waals surface area contributed by atoms with Crippen LogP contribution in [0.2, 0.25) is 0 Å². The third-order valence-corrected chi connectivity index (χ3v) is 4.90. The van der Waals surface area contributed by atoms with Gasteiger partial charge in [0, 0.05) is 48.0 Å². The molecule has 7 heteroatoms. The van der Waals surface area contributed by atoms with E-state index in [-0.39, 0.29) is 5.91 Å². The van der Waals surface area contributed by atoms with E-state index in [1.807, 2.05) is 36.4 Å². The van der Waals surface area contributed by atoms with Crippen LogP contribution in [-0.2, 0) is 12.3 Å². The van der Waals surface area contributed by atoms with Gasteiger partial charge >= 0.3 is 0 Å². The van der Waals surface area contributed by atoms with E-state index < -0.39 is 0 Å². The van der Waals surface area contributed by atoms with Crippen LogP contribution in [0.5, 0.6) is 0 Å². The molecule has 0 aliphatic heterocycles. The Hall–Kier alpha value is -3.19. The number of fused-ring (bicyclic) bond motifs is 1. The SMILES string of the molecule is O=C(NCc1ccncc1)c1oc2ccccc2c1CSc1ncccn1. The van der Waals surface area contributed by atoms with Crippen molar-refractivity contribution in [2.24, 2.45) is 0 Å². The summed E-state index contributed by atoms with van der Waals surface area (Å²) in [4.78, 5) is 25.2. The predicted octanol–water partition coefficient (Wildman–Crippen LogP) is 3.84. The van der Waals surface area contributed by atoms with Gasteiger partial charge in [0.05, 0.1) is 0 Å². The van der Waals surface area contributed by atoms with E-state index in [4.69, 9.17) is 4.42 Å². The molecule has 1 N–H and O–H groups in total. The molecule has 0 fully saturated rings. The molecule has 0 aliphatic carbocycles. The molecule has 1 amide bonds. The van der Waals surface area contributed by atoms with Gasteiger partial charge in [-0.05, 0) is 29.8 Å². The second kappa shape index (κ2) is 8.01. The molecule has 4 rings (SSSR count). The Bertz CT molecular complexity index is 1050. The Kier molecular flexibility index (Phi) is 5.11. The minimum Gasteiger partial charge on any atom is -0.451 e. The lowest BCUT2D eigenvalue weighted by Crippen LogP contribution is -2.23. The van der Waals surface area contributed by atoms with Crippen LogP contribution >= 0.6 is 11.8 Å². The molecule has 0 spiro atoms. The van der Waals surface area contributed by atoms with Crippen LogP contribution in [0.3, 0.4) is 0 Å². The smallest absolute Gasteiger partial charge is 0.287 e. The molecular formula is C20H16N4O2S. The van der Waals surface area contributed by atoms with Crippen LogP contribution in [0.4, 0.5) is 0 Å². The van der Waals surface area contributed by atoms with E-state index in [1.54, 1.807) is 30.9 Å². The maximum Gasteiger partial charge on any atom is 0.287 e. The average molecular weight is 376 g/mol. The van der Waals surface area contributed by atoms with Crippen LogP contribution in [-0.4, -0.2) is 20.9 Å². The summed E-state index contributed by atoms with van der Waals surface area (Å²) >= 11 is 1.47. The number of nitrogens with one attached hydrogen (secondary N) is 1. The van der Waals surface area contributed by atoms with Crippen molar-refractivity contribution in [3.8, 4) is 0 Å². The molecule has 134 valence electrons. The van der Waals surface area contributed by atoms with Gasteiger partial charge in [0.25, 0.3) is 5.91 Å². The van der Waals surface area contributed by atoms with Crippen LogP contribution in [0.25, 0.3) is 11.0 Å². The second-order valence-electron chi connectivity index (χ2n) is 5.76. The Morgan fingerprint density at radius 2 is 1.78 bits per heavy atom. The third kappa shape index (κ3) is 3.98. The number of aromatic nitrogens is 3. The number of amides is 1. The molecule has 0 aliphatic rings. The number of pyridine rings is 1. The Labute approximate surface area is 160 Å². The number of hydrogen-bond acceptors (Lipinski definition) is 6. The lowest BCUT2D eigenvalue weighted by Gasteiger charge is -2.05. The minimum atomic E-state index is -0.243. The van der Waals surface area contributed by atoms with Gasteiger partial charge in [-0.2, -0.15) is 0 Å². The summed E-state index contributed by atoms with van der Waals surface area (Å²) in [7, 11) is 0. The first-order chi connectivity index (χ1) is 13.3. The van der Waals surface area contributed by atoms with Crippen molar-refractivity contribution in [1.29, 1.82) is 0 Å². The van der Waals surface area contributed by atoms with Crippen molar-refractivity contribution in [2.75, 3.05) is 0 Å². The van der Waals surface area contributed by atoms with E-state index in [9.17, 15) is 4.79 Å². The fraction of sp³-hybridized carbons (Fsp3) is 0.100. The van der Waals surface area contributed by atoms with Gasteiger partial charge in [-0.3, -0.25) is 9.78 Å². The molecule has 4 aromatic rings. The van der Waals surface area contributed by atoms with Crippen LogP contribution in [0, 0.1) is 0 Å². The number of nitrogens with zero attached hydrogens (tertiary/aromatic N) is 3. The lowest BCUT2D eigenvalue weighted by molar-refractivity contribution is 0.0924. The number of carbonyl (C=O) groups excluding carboxylic acids is 1. The number of benzene rings is 1. The zero-order chi connectivity index (χ0) is 18.5. The summed E-state index contributed by atoms with van der Waals surface area (Å²) in [5, 5.41) is 4.50. The summed E-state index contributed by atoms with van der Waals surface area (Å²) in [6, 6.07) is 13.1. The highest BCUT2D eigenvalue weighted by Gasteiger charge is 2.20. The number of hydrogen-bond donors (Lipinski definition) is 1. The summed E-state index contributed by atoms with van der Waals surface area (Å²) < 4.78 is 5.86. The van der Waals surface area contributed by atoms with Gasteiger partial charge < -0.3 is 9.73 Å². The third-order valence-electron chi connectivity index (χ3n) is 3.99. The zero-order valence-electron chi connectivity index (χ0n) is 14.3. The monoisotopic (exact) mass is 376 g/mol. The molecule has 1 aromatic carbocycles. The van der Waals surface area contributed by atoms with E-state index in [1.165, 1.54) is 11.8 Å². The van der Waals surface area contributed by atoms with E-state index in [2.05, 4.69) is 20.3 Å². The van der Waals surface area contributed by atoms with Crippen molar-refractivity contribution in [1.82, 2.24) is 20.3 Å². The van der Waals surface area contributed by atoms with Gasteiger partial charge in [-0.25, -0.2) is 9.97 Å². The standard InChI is InChI=1S/C20H16N4O2S/c25-19(24-12-14-6-10-21-11-7-14)18-16(13-27-20-22-8-3-9-23-20)15-4-1-2-5-17(15)26-18/h1-11H,12-13H2,(H,24,25). The van der Waals surface area contributed by atoms with Gasteiger partial charge in [0.1, 0.15) is 5.58 Å². The first-order valence-electron chi connectivity index (χ1n) is 8.38. The molecule has 3 aromatic heterocycles. The first kappa shape index (κ1) is 17.2. The van der Waals surface area contributed by atoms with E-state index in [0.29, 0.717) is 28.8 Å². The lowest BCUT2D eigenvalue weighted by atomic mass is 10.1. The highest BCUT2D eigenvalue weighted by molar-refractivity contribution is 7.98. The fourth-order valence-corrected chi connectivity index (χ4v) is 3.52. The first-order valence-corrected chi connectivity index (χ1v) is 9.37. The zero-order valence-corrected chi connectivity index (χ0v) is 15.1. The number of carbonyl (C=O) groups is 1. The Balaban J connectivity index is 1.58. The molecule has 3 heterocycles. The second-order valence-corrected chi connectivity index (χ2v) is 6.71. The summed E-state index contributed by atoms with van der Waals surface area (Å²) in [6.45, 7) is 0.410. The topological polar surface area (TPSA) is 80.9 Å². The van der Waals surface area contributed by atoms with Crippen molar-refractivity contribution in [3.05, 3.63) is 84.1 Å². The molecule has 0 radical (unpaired) electrons. The molecule has 0 saturated heterocycles. The van der Waals surface area contributed by atoms with E-state index in [0.717, 1.165) is 16.5 Å². The van der Waals surface area contributed by atoms with Crippen molar-refractivity contribution >= 4 is 28.6 Å². The van der Waals surface area contributed by atoms with Gasteiger partial charge in [0.2, 0.25) is 0 Å². The molecule has 0 atom stereocenters. The van der Waals surface area contributed by atoms with Crippen molar-refractivity contribution in [2.45, 2.75) is 17.5 Å². The fourth-order valence-electron chi connectivity index (χ4n) is 2.69. The number of thioether (sulfide) groups is 1. The normalized spacial score (nSPS) is 10.8. The number of rotatable bonds is 6. The summed E-state index contributed by atoms with van der Waals surface area (Å²) in [5.74, 6) is 0.625. The quantitative estimate of drug-likeness (QED) is 0.407. The predicted molar refractivity (Wildman–Crippen MR) is 103 cm³/mol. The number of para-hydroxylation sites is 1. The number of furan rings is 1. The van der Waals surface area contributed by atoms with Gasteiger partial charge in [0.15, 0.2) is 10.9 Å². The average Bonchev–Trinajstić information content (AvgIpc) is 3.11. The van der Waals surface area contributed by atoms with E-state index >= 15 is 0 Å². The molecule has 6 nitrogen and oxygen atoms in total.